The van der Waals surface area contributed by atoms with Gasteiger partial charge in [-0.05, 0) is 44.2 Å². The van der Waals surface area contributed by atoms with Crippen LogP contribution in [-0.4, -0.2) is 59.1 Å². The number of rotatable bonds is 10. The summed E-state index contributed by atoms with van der Waals surface area (Å²) < 4.78 is 50.3. The third-order valence-electron chi connectivity index (χ3n) is 7.86. The topological polar surface area (TPSA) is 74.6 Å². The van der Waals surface area contributed by atoms with Gasteiger partial charge in [-0.3, -0.25) is 14.1 Å². The number of carbonyl (C=O) groups excluding carboxylic acids is 1. The van der Waals surface area contributed by atoms with Gasteiger partial charge in [0.25, 0.3) is 0 Å². The highest BCUT2D eigenvalue weighted by Gasteiger charge is 2.39. The third-order valence-corrected chi connectivity index (χ3v) is 7.86. The quantitative estimate of drug-likeness (QED) is 0.363. The first kappa shape index (κ1) is 27.1. The number of allylic oxidation sites excluding steroid dienone is 1. The van der Waals surface area contributed by atoms with Gasteiger partial charge < -0.3 is 20.4 Å². The number of nitrogens with two attached hydrogens (primary N) is 1. The van der Waals surface area contributed by atoms with E-state index in [2.05, 4.69) is 16.5 Å². The first-order valence-electron chi connectivity index (χ1n) is 13.5. The second-order valence-corrected chi connectivity index (χ2v) is 10.6. The van der Waals surface area contributed by atoms with Crippen LogP contribution in [0.2, 0.25) is 0 Å². The van der Waals surface area contributed by atoms with Gasteiger partial charge in [-0.15, -0.1) is 0 Å². The van der Waals surface area contributed by atoms with Gasteiger partial charge in [0.15, 0.2) is 0 Å². The highest BCUT2D eigenvalue weighted by atomic mass is 19.1. The van der Waals surface area contributed by atoms with E-state index in [1.165, 1.54) is 12.1 Å². The van der Waals surface area contributed by atoms with E-state index < -0.39 is 23.6 Å². The van der Waals surface area contributed by atoms with Crippen molar-refractivity contribution in [3.63, 3.8) is 0 Å². The zero-order chi connectivity index (χ0) is 27.7. The summed E-state index contributed by atoms with van der Waals surface area (Å²) in [6.07, 6.45) is 1.99. The molecule has 9 heteroatoms. The number of hydrogen-bond donors (Lipinski definition) is 2. The fourth-order valence-electron chi connectivity index (χ4n) is 6.10. The van der Waals surface area contributed by atoms with Gasteiger partial charge in [-0.1, -0.05) is 24.8 Å². The van der Waals surface area contributed by atoms with E-state index in [4.69, 9.17) is 10.5 Å². The van der Waals surface area contributed by atoms with Crippen molar-refractivity contribution >= 4 is 16.8 Å². The van der Waals surface area contributed by atoms with Crippen molar-refractivity contribution in [2.45, 2.75) is 57.2 Å². The Hall–Kier alpha value is -3.46. The van der Waals surface area contributed by atoms with Crippen molar-refractivity contribution < 1.29 is 22.7 Å². The number of carbonyl (C=O) groups is 1. The molecule has 39 heavy (non-hydrogen) atoms. The maximum Gasteiger partial charge on any atom is 0.217 e. The highest BCUT2D eigenvalue weighted by molar-refractivity contribution is 5.85. The molecule has 0 spiro atoms. The number of hydrogen-bond acceptors (Lipinski definition) is 4. The lowest BCUT2D eigenvalue weighted by Crippen LogP contribution is -2.42. The van der Waals surface area contributed by atoms with E-state index in [9.17, 15) is 9.18 Å². The van der Waals surface area contributed by atoms with Gasteiger partial charge in [-0.2, -0.15) is 0 Å². The molecule has 2 aliphatic heterocycles. The summed E-state index contributed by atoms with van der Waals surface area (Å²) in [6, 6.07) is 9.37. The lowest BCUT2D eigenvalue weighted by atomic mass is 9.87. The number of aromatic nitrogens is 1. The van der Waals surface area contributed by atoms with Gasteiger partial charge in [0.05, 0.1) is 12.2 Å². The second kappa shape index (κ2) is 11.3. The van der Waals surface area contributed by atoms with Crippen molar-refractivity contribution in [3.05, 3.63) is 77.1 Å². The minimum Gasteiger partial charge on any atom is -0.489 e. The van der Waals surface area contributed by atoms with Crippen LogP contribution in [0, 0.1) is 11.6 Å². The van der Waals surface area contributed by atoms with Crippen LogP contribution in [0.4, 0.5) is 13.2 Å². The van der Waals surface area contributed by atoms with Crippen molar-refractivity contribution in [1.82, 2.24) is 14.8 Å². The third kappa shape index (κ3) is 5.50. The Morgan fingerprint density at radius 3 is 2.67 bits per heavy atom. The molecule has 0 radical (unpaired) electrons. The number of primary amides is 1. The molecular weight excluding hydrogens is 505 g/mol. The number of aromatic amines is 1. The van der Waals surface area contributed by atoms with Crippen molar-refractivity contribution in [2.75, 3.05) is 26.3 Å². The van der Waals surface area contributed by atoms with Gasteiger partial charge in [0.2, 0.25) is 5.91 Å². The molecule has 2 aromatic carbocycles. The zero-order valence-electron chi connectivity index (χ0n) is 22.2. The monoisotopic (exact) mass is 540 g/mol. The molecule has 0 unspecified atom stereocenters. The van der Waals surface area contributed by atoms with Crippen LogP contribution in [0.5, 0.6) is 5.75 Å². The first-order valence-corrected chi connectivity index (χ1v) is 13.5. The number of ether oxygens (including phenoxy) is 1. The number of halogens is 3. The normalized spacial score (nSPS) is 21.3. The summed E-state index contributed by atoms with van der Waals surface area (Å²) in [6.45, 7) is 7.80. The molecule has 2 aliphatic rings. The number of likely N-dealkylation sites (tertiary alicyclic amines) is 1. The maximum atomic E-state index is 15.9. The van der Waals surface area contributed by atoms with Crippen LogP contribution in [0.15, 0.2) is 48.7 Å². The van der Waals surface area contributed by atoms with Crippen LogP contribution in [-0.2, 0) is 11.2 Å². The zero-order valence-corrected chi connectivity index (χ0v) is 22.2. The molecule has 3 atom stereocenters. The van der Waals surface area contributed by atoms with Gasteiger partial charge in [0.1, 0.15) is 29.5 Å². The van der Waals surface area contributed by atoms with E-state index in [0.29, 0.717) is 43.7 Å². The van der Waals surface area contributed by atoms with Crippen LogP contribution >= 0.6 is 0 Å². The molecule has 3 aromatic rings. The summed E-state index contributed by atoms with van der Waals surface area (Å²) in [4.78, 5) is 18.9. The second-order valence-electron chi connectivity index (χ2n) is 10.6. The van der Waals surface area contributed by atoms with Gasteiger partial charge >= 0.3 is 0 Å². The minimum atomic E-state index is -0.812. The Kier molecular flexibility index (Phi) is 7.88. The van der Waals surface area contributed by atoms with Gasteiger partial charge in [-0.25, -0.2) is 8.78 Å². The number of nitrogens with zero attached hydrogens (tertiary/aromatic N) is 2. The van der Waals surface area contributed by atoms with E-state index >= 15 is 8.78 Å². The molecule has 1 saturated heterocycles. The highest BCUT2D eigenvalue weighted by Crippen LogP contribution is 2.45. The average Bonchev–Trinajstić information content (AvgIpc) is 3.49. The number of amides is 1. The van der Waals surface area contributed by atoms with Crippen molar-refractivity contribution in [2.24, 2.45) is 5.73 Å². The number of benzene rings is 2. The number of alkyl halides is 1. The van der Waals surface area contributed by atoms with E-state index in [1.807, 2.05) is 36.1 Å². The number of para-hydroxylation sites is 1. The SMILES string of the molecule is C=C(CCC(N)=O)N1[C@@H](c2c(F)cc(O[C@H]3CCN(CCCF)C3)cc2F)c2[nH]c3ccccc3c2C[C@@H]1C. The molecule has 6 nitrogen and oxygen atoms in total. The van der Waals surface area contributed by atoms with E-state index in [1.54, 1.807) is 0 Å². The average molecular weight is 541 g/mol. The fraction of sp³-hybridized carbons (Fsp3) is 0.433. The van der Waals surface area contributed by atoms with Crippen LogP contribution in [0.1, 0.15) is 55.5 Å². The molecule has 3 N–H and O–H groups in total. The Morgan fingerprint density at radius 1 is 1.21 bits per heavy atom. The minimum absolute atomic E-state index is 0.0931. The summed E-state index contributed by atoms with van der Waals surface area (Å²) in [5, 5.41) is 1.02. The Morgan fingerprint density at radius 2 is 1.95 bits per heavy atom. The Bertz CT molecular complexity index is 1350. The molecule has 0 aliphatic carbocycles. The van der Waals surface area contributed by atoms with Crippen LogP contribution in [0.25, 0.3) is 10.9 Å². The number of H-pyrrole nitrogens is 1. The predicted octanol–water partition coefficient (Wildman–Crippen LogP) is 5.37. The standard InChI is InChI=1S/C30H35F3N4O2/c1-18(8-9-27(34)38)37-19(2)14-23-22-6-3-4-7-26(22)35-29(23)30(37)28-24(32)15-21(16-25(28)33)39-20-10-13-36(17-20)12-5-11-31/h3-4,6-7,15-16,19-20,30,35H,1,5,8-14,17H2,2H3,(H2,34,38)/t19-,20-,30-/m0/s1. The largest absolute Gasteiger partial charge is 0.489 e. The number of fused-ring (bicyclic) bond motifs is 3. The summed E-state index contributed by atoms with van der Waals surface area (Å²) in [5.74, 6) is -1.76. The first-order chi connectivity index (χ1) is 18.8. The molecule has 3 heterocycles. The molecule has 208 valence electrons. The summed E-state index contributed by atoms with van der Waals surface area (Å²) >= 11 is 0. The van der Waals surface area contributed by atoms with Crippen molar-refractivity contribution in [3.8, 4) is 5.75 Å². The molecule has 1 aromatic heterocycles. The molecular formula is C30H35F3N4O2. The van der Waals surface area contributed by atoms with Crippen molar-refractivity contribution in [1.29, 1.82) is 0 Å². The molecule has 0 bridgehead atoms. The fourth-order valence-corrected chi connectivity index (χ4v) is 6.10. The Labute approximate surface area is 226 Å². The van der Waals surface area contributed by atoms with E-state index in [-0.39, 0.29) is 43.0 Å². The molecule has 5 rings (SSSR count). The maximum absolute atomic E-state index is 15.9. The smallest absolute Gasteiger partial charge is 0.217 e. The molecule has 0 saturated carbocycles. The Balaban J connectivity index is 1.50. The number of nitrogens with one attached hydrogen (secondary N) is 1. The van der Waals surface area contributed by atoms with Crippen LogP contribution in [0.3, 0.4) is 0 Å². The summed E-state index contributed by atoms with van der Waals surface area (Å²) in [7, 11) is 0. The summed E-state index contributed by atoms with van der Waals surface area (Å²) in [5.41, 5.74) is 8.49. The molecule has 1 fully saturated rings. The van der Waals surface area contributed by atoms with Crippen LogP contribution < -0.4 is 10.5 Å². The molecule has 1 amide bonds. The van der Waals surface area contributed by atoms with E-state index in [0.717, 1.165) is 23.0 Å². The lowest BCUT2D eigenvalue weighted by Gasteiger charge is -2.44. The predicted molar refractivity (Wildman–Crippen MR) is 145 cm³/mol. The lowest BCUT2D eigenvalue weighted by molar-refractivity contribution is -0.118. The van der Waals surface area contributed by atoms with Gasteiger partial charge in [0, 0.05) is 66.5 Å².